The molecule has 3 N–H and O–H groups in total. The summed E-state index contributed by atoms with van der Waals surface area (Å²) in [6.07, 6.45) is 1.46. The normalized spacial score (nSPS) is 11.9. The SMILES string of the molecule is COc1ccc(/C=C/C(=O)OCC(=O)[C@H](OC)c2ccc(O)c(O)c2)cc1O. The van der Waals surface area contributed by atoms with Gasteiger partial charge in [-0.2, -0.15) is 0 Å². The van der Waals surface area contributed by atoms with Crippen LogP contribution in [0.25, 0.3) is 6.08 Å². The number of phenolic OH excluding ortho intramolecular Hbond substituents is 3. The van der Waals surface area contributed by atoms with Crippen molar-refractivity contribution in [3.05, 3.63) is 53.6 Å². The predicted octanol–water partition coefficient (Wildman–Crippen LogP) is 2.33. The standard InChI is InChI=1S/C20H20O8/c1-26-18-7-3-12(9-16(18)23)4-8-19(25)28-11-17(24)20(27-2)13-5-6-14(21)15(22)10-13/h3-10,20-23H,11H2,1-2H3/b8-4+/t20-/m1/s1. The third kappa shape index (κ3) is 5.24. The van der Waals surface area contributed by atoms with Crippen molar-refractivity contribution in [1.82, 2.24) is 0 Å². The Labute approximate surface area is 161 Å². The lowest BCUT2D eigenvalue weighted by molar-refractivity contribution is -0.146. The monoisotopic (exact) mass is 388 g/mol. The Morgan fingerprint density at radius 2 is 1.75 bits per heavy atom. The highest BCUT2D eigenvalue weighted by Gasteiger charge is 2.22. The number of benzene rings is 2. The second kappa shape index (κ2) is 9.43. The van der Waals surface area contributed by atoms with E-state index in [4.69, 9.17) is 14.2 Å². The fourth-order valence-corrected chi connectivity index (χ4v) is 2.40. The zero-order valence-corrected chi connectivity index (χ0v) is 15.3. The minimum atomic E-state index is -1.07. The number of hydrogen-bond acceptors (Lipinski definition) is 8. The Hall–Kier alpha value is -3.52. The Bertz CT molecular complexity index is 888. The molecule has 2 aromatic rings. The number of aromatic hydroxyl groups is 3. The van der Waals surface area contributed by atoms with Gasteiger partial charge >= 0.3 is 5.97 Å². The van der Waals surface area contributed by atoms with Crippen molar-refractivity contribution in [2.75, 3.05) is 20.8 Å². The molecule has 0 amide bonds. The second-order valence-electron chi connectivity index (χ2n) is 5.70. The van der Waals surface area contributed by atoms with Crippen LogP contribution in [0, 0.1) is 0 Å². The third-order valence-corrected chi connectivity index (χ3v) is 3.80. The van der Waals surface area contributed by atoms with Gasteiger partial charge in [0.15, 0.2) is 29.6 Å². The Kier molecular flexibility index (Phi) is 7.00. The van der Waals surface area contributed by atoms with Gasteiger partial charge in [-0.25, -0.2) is 4.79 Å². The summed E-state index contributed by atoms with van der Waals surface area (Å²) in [4.78, 5) is 24.1. The number of methoxy groups -OCH3 is 2. The van der Waals surface area contributed by atoms with E-state index < -0.39 is 30.2 Å². The molecule has 28 heavy (non-hydrogen) atoms. The number of hydrogen-bond donors (Lipinski definition) is 3. The van der Waals surface area contributed by atoms with Gasteiger partial charge < -0.3 is 29.5 Å². The molecule has 0 spiro atoms. The highest BCUT2D eigenvalue weighted by molar-refractivity contribution is 5.91. The minimum absolute atomic E-state index is 0.0757. The summed E-state index contributed by atoms with van der Waals surface area (Å²) in [5.74, 6) is -1.80. The largest absolute Gasteiger partial charge is 0.504 e. The minimum Gasteiger partial charge on any atom is -0.504 e. The van der Waals surface area contributed by atoms with E-state index in [-0.39, 0.29) is 11.5 Å². The summed E-state index contributed by atoms with van der Waals surface area (Å²) in [7, 11) is 2.72. The second-order valence-corrected chi connectivity index (χ2v) is 5.70. The van der Waals surface area contributed by atoms with Crippen LogP contribution in [0.3, 0.4) is 0 Å². The molecule has 0 heterocycles. The summed E-state index contributed by atoms with van der Waals surface area (Å²) in [5, 5.41) is 28.6. The first kappa shape index (κ1) is 20.8. The van der Waals surface area contributed by atoms with Gasteiger partial charge in [0.1, 0.15) is 6.10 Å². The van der Waals surface area contributed by atoms with Crippen molar-refractivity contribution in [3.63, 3.8) is 0 Å². The van der Waals surface area contributed by atoms with Gasteiger partial charge in [-0.15, -0.1) is 0 Å². The molecule has 0 fully saturated rings. The number of Topliss-reactive ketones (excluding diaryl/α,β-unsaturated/α-hetero) is 1. The van der Waals surface area contributed by atoms with Crippen LogP contribution < -0.4 is 4.74 Å². The zero-order valence-electron chi connectivity index (χ0n) is 15.3. The molecule has 148 valence electrons. The molecule has 0 radical (unpaired) electrons. The molecule has 0 aliphatic carbocycles. The number of esters is 1. The summed E-state index contributed by atoms with van der Waals surface area (Å²) >= 11 is 0. The molecule has 8 heteroatoms. The lowest BCUT2D eigenvalue weighted by Gasteiger charge is -2.15. The lowest BCUT2D eigenvalue weighted by Crippen LogP contribution is -2.21. The number of carbonyl (C=O) groups is 2. The van der Waals surface area contributed by atoms with Crippen LogP contribution in [-0.2, 0) is 19.1 Å². The molecular formula is C20H20O8. The van der Waals surface area contributed by atoms with Crippen LogP contribution in [0.2, 0.25) is 0 Å². The van der Waals surface area contributed by atoms with Gasteiger partial charge in [0.25, 0.3) is 0 Å². The van der Waals surface area contributed by atoms with Crippen molar-refractivity contribution < 1.29 is 39.1 Å². The smallest absolute Gasteiger partial charge is 0.331 e. The van der Waals surface area contributed by atoms with Crippen molar-refractivity contribution in [1.29, 1.82) is 0 Å². The van der Waals surface area contributed by atoms with Gasteiger partial charge in [0.2, 0.25) is 5.78 Å². The topological polar surface area (TPSA) is 123 Å². The van der Waals surface area contributed by atoms with Crippen LogP contribution in [0.1, 0.15) is 17.2 Å². The first-order valence-electron chi connectivity index (χ1n) is 8.15. The van der Waals surface area contributed by atoms with E-state index in [0.717, 1.165) is 6.08 Å². The maximum Gasteiger partial charge on any atom is 0.331 e. The molecule has 0 saturated heterocycles. The van der Waals surface area contributed by atoms with E-state index in [1.807, 2.05) is 0 Å². The molecule has 0 aliphatic rings. The van der Waals surface area contributed by atoms with Gasteiger partial charge in [0, 0.05) is 13.2 Å². The van der Waals surface area contributed by atoms with Crippen LogP contribution in [0.4, 0.5) is 0 Å². The van der Waals surface area contributed by atoms with Crippen molar-refractivity contribution in [2.45, 2.75) is 6.10 Å². The molecule has 0 aromatic heterocycles. The zero-order chi connectivity index (χ0) is 20.7. The highest BCUT2D eigenvalue weighted by Crippen LogP contribution is 2.29. The fourth-order valence-electron chi connectivity index (χ4n) is 2.40. The van der Waals surface area contributed by atoms with E-state index >= 15 is 0 Å². The fraction of sp³-hybridized carbons (Fsp3) is 0.200. The number of ether oxygens (including phenoxy) is 3. The average Bonchev–Trinajstić information content (AvgIpc) is 2.68. The van der Waals surface area contributed by atoms with Crippen LogP contribution in [0.5, 0.6) is 23.0 Å². The molecule has 2 rings (SSSR count). The average molecular weight is 388 g/mol. The van der Waals surface area contributed by atoms with E-state index in [1.54, 1.807) is 12.1 Å². The third-order valence-electron chi connectivity index (χ3n) is 3.80. The van der Waals surface area contributed by atoms with E-state index in [2.05, 4.69) is 0 Å². The summed E-state index contributed by atoms with van der Waals surface area (Å²) in [6.45, 7) is -0.544. The Balaban J connectivity index is 1.95. The lowest BCUT2D eigenvalue weighted by atomic mass is 10.1. The molecular weight excluding hydrogens is 368 g/mol. The van der Waals surface area contributed by atoms with Gasteiger partial charge in [-0.1, -0.05) is 12.1 Å². The van der Waals surface area contributed by atoms with E-state index in [9.17, 15) is 24.9 Å². The number of phenols is 3. The first-order valence-corrected chi connectivity index (χ1v) is 8.15. The quantitative estimate of drug-likeness (QED) is 0.358. The summed E-state index contributed by atoms with van der Waals surface area (Å²) < 4.78 is 14.9. The van der Waals surface area contributed by atoms with Crippen LogP contribution in [-0.4, -0.2) is 47.9 Å². The molecule has 1 atom stereocenters. The number of rotatable bonds is 8. The number of carbonyl (C=O) groups excluding carboxylic acids is 2. The van der Waals surface area contributed by atoms with E-state index in [1.165, 1.54) is 44.6 Å². The van der Waals surface area contributed by atoms with E-state index in [0.29, 0.717) is 16.9 Å². The van der Waals surface area contributed by atoms with Gasteiger partial charge in [-0.3, -0.25) is 4.79 Å². The molecule has 2 aromatic carbocycles. The van der Waals surface area contributed by atoms with Gasteiger partial charge in [0.05, 0.1) is 7.11 Å². The maximum atomic E-state index is 12.2. The van der Waals surface area contributed by atoms with Gasteiger partial charge in [-0.05, 0) is 41.5 Å². The molecule has 0 unspecified atom stereocenters. The Morgan fingerprint density at radius 3 is 2.36 bits per heavy atom. The summed E-state index contributed by atoms with van der Waals surface area (Å²) in [5.41, 5.74) is 0.846. The molecule has 8 nitrogen and oxygen atoms in total. The molecule has 0 saturated carbocycles. The predicted molar refractivity (Wildman–Crippen MR) is 99.2 cm³/mol. The molecule has 0 bridgehead atoms. The van der Waals surface area contributed by atoms with Crippen LogP contribution >= 0.6 is 0 Å². The van der Waals surface area contributed by atoms with Crippen molar-refractivity contribution in [3.8, 4) is 23.0 Å². The first-order chi connectivity index (χ1) is 13.3. The van der Waals surface area contributed by atoms with Crippen molar-refractivity contribution in [2.24, 2.45) is 0 Å². The van der Waals surface area contributed by atoms with Crippen molar-refractivity contribution >= 4 is 17.8 Å². The molecule has 0 aliphatic heterocycles. The summed E-state index contributed by atoms with van der Waals surface area (Å²) in [6, 6.07) is 8.42. The number of ketones is 1. The maximum absolute atomic E-state index is 12.2. The highest BCUT2D eigenvalue weighted by atomic mass is 16.5. The Morgan fingerprint density at radius 1 is 1.00 bits per heavy atom. The van der Waals surface area contributed by atoms with Crippen LogP contribution in [0.15, 0.2) is 42.5 Å².